The number of nitrogens with zero attached hydrogens (tertiary/aromatic N) is 1. The average Bonchev–Trinajstić information content (AvgIpc) is 2.10. The van der Waals surface area contributed by atoms with Crippen molar-refractivity contribution in [3.63, 3.8) is 0 Å². The molecule has 64 valence electrons. The third-order valence-electron chi connectivity index (χ3n) is 1.82. The first-order valence-corrected chi connectivity index (χ1v) is 4.29. The molecule has 0 aromatic heterocycles. The fourth-order valence-electron chi connectivity index (χ4n) is 1.32. The Hall–Kier alpha value is -0.220. The second kappa shape index (κ2) is 3.45. The molecule has 0 spiro atoms. The van der Waals surface area contributed by atoms with Gasteiger partial charge in [-0.3, -0.25) is 4.79 Å². The Morgan fingerprint density at radius 3 is 2.82 bits per heavy atom. The number of carbonyl (C=O) groups is 1. The predicted molar refractivity (Wildman–Crippen MR) is 47.6 cm³/mol. The van der Waals surface area contributed by atoms with Crippen LogP contribution in [0.15, 0.2) is 0 Å². The predicted octanol–water partition coefficient (Wildman–Crippen LogP) is 0.0825. The molecule has 1 aliphatic rings. The minimum atomic E-state index is 0.166. The van der Waals surface area contributed by atoms with Crippen LogP contribution in [0.5, 0.6) is 0 Å². The first-order chi connectivity index (χ1) is 5.09. The van der Waals surface area contributed by atoms with Crippen molar-refractivity contribution in [2.45, 2.75) is 24.8 Å². The number of rotatable bonds is 2. The number of thiol groups is 1. The molecule has 1 amide bonds. The van der Waals surface area contributed by atoms with Gasteiger partial charge in [-0.05, 0) is 6.92 Å². The van der Waals surface area contributed by atoms with Crippen molar-refractivity contribution in [1.29, 1.82) is 0 Å². The van der Waals surface area contributed by atoms with Crippen LogP contribution >= 0.6 is 12.6 Å². The Balaban J connectivity index is 2.35. The van der Waals surface area contributed by atoms with E-state index in [0.29, 0.717) is 12.5 Å². The molecular weight excluding hydrogens is 160 g/mol. The summed E-state index contributed by atoms with van der Waals surface area (Å²) in [5, 5.41) is 3.37. The van der Waals surface area contributed by atoms with Crippen LogP contribution in [-0.2, 0) is 4.79 Å². The standard InChI is InChI=1S/C7H14N2OS/c1-5(11)8-6-3-7(10)9(2)4-6/h5-6,8,11H,3-4H2,1-2H3. The zero-order chi connectivity index (χ0) is 8.43. The minimum Gasteiger partial charge on any atom is -0.344 e. The summed E-state index contributed by atoms with van der Waals surface area (Å²) in [5.41, 5.74) is 0. The molecule has 1 aliphatic heterocycles. The lowest BCUT2D eigenvalue weighted by atomic mass is 10.2. The van der Waals surface area contributed by atoms with Gasteiger partial charge < -0.3 is 10.2 Å². The van der Waals surface area contributed by atoms with Crippen LogP contribution < -0.4 is 5.32 Å². The van der Waals surface area contributed by atoms with Gasteiger partial charge in [0.2, 0.25) is 5.91 Å². The highest BCUT2D eigenvalue weighted by Crippen LogP contribution is 2.09. The van der Waals surface area contributed by atoms with Gasteiger partial charge in [0, 0.05) is 31.4 Å². The summed E-state index contributed by atoms with van der Waals surface area (Å²) < 4.78 is 0. The highest BCUT2D eigenvalue weighted by Gasteiger charge is 2.26. The molecule has 0 aliphatic carbocycles. The molecule has 1 N–H and O–H groups in total. The number of hydrogen-bond donors (Lipinski definition) is 2. The first-order valence-electron chi connectivity index (χ1n) is 3.77. The molecule has 1 rings (SSSR count). The molecule has 1 heterocycles. The highest BCUT2D eigenvalue weighted by atomic mass is 32.1. The smallest absolute Gasteiger partial charge is 0.224 e. The van der Waals surface area contributed by atoms with Crippen molar-refractivity contribution in [3.05, 3.63) is 0 Å². The molecule has 4 heteroatoms. The Labute approximate surface area is 72.5 Å². The van der Waals surface area contributed by atoms with Crippen LogP contribution in [0.4, 0.5) is 0 Å². The Kier molecular flexibility index (Phi) is 2.78. The lowest BCUT2D eigenvalue weighted by Gasteiger charge is -2.14. The molecule has 0 aromatic rings. The minimum absolute atomic E-state index is 0.166. The van der Waals surface area contributed by atoms with E-state index in [-0.39, 0.29) is 11.3 Å². The number of nitrogens with one attached hydrogen (secondary N) is 1. The van der Waals surface area contributed by atoms with Crippen molar-refractivity contribution >= 4 is 18.5 Å². The summed E-state index contributed by atoms with van der Waals surface area (Å²) in [4.78, 5) is 12.8. The van der Waals surface area contributed by atoms with E-state index in [2.05, 4.69) is 17.9 Å². The summed E-state index contributed by atoms with van der Waals surface area (Å²) in [6.45, 7) is 2.77. The number of amides is 1. The van der Waals surface area contributed by atoms with Crippen molar-refractivity contribution in [2.24, 2.45) is 0 Å². The number of hydrogen-bond acceptors (Lipinski definition) is 3. The monoisotopic (exact) mass is 174 g/mol. The maximum Gasteiger partial charge on any atom is 0.224 e. The lowest BCUT2D eigenvalue weighted by molar-refractivity contribution is -0.126. The van der Waals surface area contributed by atoms with Gasteiger partial charge in [-0.1, -0.05) is 0 Å². The largest absolute Gasteiger partial charge is 0.344 e. The normalized spacial score (nSPS) is 27.7. The average molecular weight is 174 g/mol. The van der Waals surface area contributed by atoms with Crippen molar-refractivity contribution < 1.29 is 4.79 Å². The molecule has 0 radical (unpaired) electrons. The molecule has 1 saturated heterocycles. The maximum atomic E-state index is 11.0. The maximum absolute atomic E-state index is 11.0. The van der Waals surface area contributed by atoms with E-state index >= 15 is 0 Å². The SMILES string of the molecule is CC(S)NC1CC(=O)N(C)C1. The van der Waals surface area contributed by atoms with Crippen LogP contribution in [0, 0.1) is 0 Å². The van der Waals surface area contributed by atoms with Gasteiger partial charge in [0.15, 0.2) is 0 Å². The summed E-state index contributed by atoms with van der Waals surface area (Å²) in [6.07, 6.45) is 0.612. The van der Waals surface area contributed by atoms with Gasteiger partial charge in [-0.2, -0.15) is 12.6 Å². The van der Waals surface area contributed by atoms with E-state index in [0.717, 1.165) is 6.54 Å². The van der Waals surface area contributed by atoms with E-state index in [4.69, 9.17) is 0 Å². The molecule has 2 atom stereocenters. The Morgan fingerprint density at radius 2 is 2.45 bits per heavy atom. The van der Waals surface area contributed by atoms with Gasteiger partial charge >= 0.3 is 0 Å². The van der Waals surface area contributed by atoms with E-state index in [9.17, 15) is 4.79 Å². The van der Waals surface area contributed by atoms with Crippen LogP contribution in [0.3, 0.4) is 0 Å². The molecule has 0 bridgehead atoms. The van der Waals surface area contributed by atoms with Gasteiger partial charge in [-0.25, -0.2) is 0 Å². The second-order valence-corrected chi connectivity index (χ2v) is 3.79. The zero-order valence-electron chi connectivity index (χ0n) is 6.87. The van der Waals surface area contributed by atoms with Crippen LogP contribution in [0.25, 0.3) is 0 Å². The van der Waals surface area contributed by atoms with Crippen molar-refractivity contribution in [3.8, 4) is 0 Å². The molecule has 0 saturated carbocycles. The quantitative estimate of drug-likeness (QED) is 0.459. The third-order valence-corrected chi connectivity index (χ3v) is 1.97. The fourth-order valence-corrected chi connectivity index (χ4v) is 1.53. The lowest BCUT2D eigenvalue weighted by Crippen LogP contribution is -2.35. The first kappa shape index (κ1) is 8.87. The molecule has 3 nitrogen and oxygen atoms in total. The van der Waals surface area contributed by atoms with Crippen molar-refractivity contribution in [2.75, 3.05) is 13.6 Å². The molecule has 0 aromatic carbocycles. The highest BCUT2D eigenvalue weighted by molar-refractivity contribution is 7.80. The molecular formula is C7H14N2OS. The Bertz CT molecular complexity index is 161. The summed E-state index contributed by atoms with van der Waals surface area (Å²) in [6, 6.07) is 0.292. The molecule has 1 fully saturated rings. The van der Waals surface area contributed by atoms with Crippen LogP contribution in [-0.4, -0.2) is 35.8 Å². The number of likely N-dealkylation sites (N-methyl/N-ethyl adjacent to an activating group) is 1. The van der Waals surface area contributed by atoms with Gasteiger partial charge in [0.25, 0.3) is 0 Å². The Morgan fingerprint density at radius 1 is 1.82 bits per heavy atom. The van der Waals surface area contributed by atoms with E-state index in [1.807, 2.05) is 14.0 Å². The summed E-state index contributed by atoms with van der Waals surface area (Å²) >= 11 is 4.19. The second-order valence-electron chi connectivity index (χ2n) is 3.02. The molecule has 2 unspecified atom stereocenters. The van der Waals surface area contributed by atoms with E-state index < -0.39 is 0 Å². The summed E-state index contributed by atoms with van der Waals surface area (Å²) in [7, 11) is 1.83. The zero-order valence-corrected chi connectivity index (χ0v) is 7.77. The van der Waals surface area contributed by atoms with Gasteiger partial charge in [-0.15, -0.1) is 0 Å². The third kappa shape index (κ3) is 2.38. The van der Waals surface area contributed by atoms with Crippen LogP contribution in [0.2, 0.25) is 0 Å². The fraction of sp³-hybridized carbons (Fsp3) is 0.857. The van der Waals surface area contributed by atoms with Gasteiger partial charge in [0.1, 0.15) is 0 Å². The number of carbonyl (C=O) groups excluding carboxylic acids is 1. The number of likely N-dealkylation sites (tertiary alicyclic amines) is 1. The van der Waals surface area contributed by atoms with Gasteiger partial charge in [0.05, 0.1) is 0 Å². The van der Waals surface area contributed by atoms with Crippen molar-refractivity contribution in [1.82, 2.24) is 10.2 Å². The topological polar surface area (TPSA) is 32.3 Å². The van der Waals surface area contributed by atoms with E-state index in [1.165, 1.54) is 0 Å². The van der Waals surface area contributed by atoms with E-state index in [1.54, 1.807) is 4.90 Å². The molecule has 11 heavy (non-hydrogen) atoms. The summed E-state index contributed by atoms with van der Waals surface area (Å²) in [5.74, 6) is 0.219. The van der Waals surface area contributed by atoms with Crippen LogP contribution in [0.1, 0.15) is 13.3 Å².